The maximum absolute atomic E-state index is 5.09. The van der Waals surface area contributed by atoms with Crippen molar-refractivity contribution in [1.29, 1.82) is 0 Å². The van der Waals surface area contributed by atoms with Gasteiger partial charge in [-0.1, -0.05) is 6.92 Å². The molecule has 0 aliphatic heterocycles. The van der Waals surface area contributed by atoms with Crippen LogP contribution in [0.25, 0.3) is 0 Å². The van der Waals surface area contributed by atoms with Gasteiger partial charge in [-0.15, -0.1) is 0 Å². The van der Waals surface area contributed by atoms with E-state index in [-0.39, 0.29) is 0 Å². The molecule has 1 N–H and O–H groups in total. The molecule has 0 bridgehead atoms. The molecule has 0 saturated heterocycles. The van der Waals surface area contributed by atoms with E-state index in [0.717, 1.165) is 6.42 Å². The summed E-state index contributed by atoms with van der Waals surface area (Å²) in [5.41, 5.74) is 2.50. The van der Waals surface area contributed by atoms with Crippen LogP contribution in [0, 0.1) is 6.92 Å². The standard InChI is InChI=1S/C9H15NO/c1-4-9(10-3)8-6-11-5-7(8)2/h5-6,9-10H,4H2,1-3H3. The molecule has 0 aromatic carbocycles. The molecule has 1 unspecified atom stereocenters. The smallest absolute Gasteiger partial charge is 0.0953 e. The lowest BCUT2D eigenvalue weighted by molar-refractivity contribution is 0.537. The molecule has 0 spiro atoms. The number of hydrogen-bond acceptors (Lipinski definition) is 2. The van der Waals surface area contributed by atoms with Crippen molar-refractivity contribution in [2.45, 2.75) is 26.3 Å². The summed E-state index contributed by atoms with van der Waals surface area (Å²) >= 11 is 0. The summed E-state index contributed by atoms with van der Waals surface area (Å²) in [6.07, 6.45) is 4.70. The highest BCUT2D eigenvalue weighted by molar-refractivity contribution is 5.22. The molecule has 1 atom stereocenters. The molecule has 2 nitrogen and oxygen atoms in total. The minimum atomic E-state index is 0.439. The van der Waals surface area contributed by atoms with Gasteiger partial charge in [0.25, 0.3) is 0 Å². The van der Waals surface area contributed by atoms with E-state index in [2.05, 4.69) is 19.2 Å². The molecule has 62 valence electrons. The summed E-state index contributed by atoms with van der Waals surface area (Å²) in [5.74, 6) is 0. The van der Waals surface area contributed by atoms with Crippen LogP contribution in [0.1, 0.15) is 30.5 Å². The molecule has 0 fully saturated rings. The normalized spacial score (nSPS) is 13.4. The fourth-order valence-electron chi connectivity index (χ4n) is 1.31. The van der Waals surface area contributed by atoms with Gasteiger partial charge in [-0.3, -0.25) is 0 Å². The highest BCUT2D eigenvalue weighted by atomic mass is 16.3. The van der Waals surface area contributed by atoms with Gasteiger partial charge in [-0.2, -0.15) is 0 Å². The van der Waals surface area contributed by atoms with Crippen molar-refractivity contribution in [3.63, 3.8) is 0 Å². The molecule has 2 heteroatoms. The summed E-state index contributed by atoms with van der Waals surface area (Å²) < 4.78 is 5.09. The van der Waals surface area contributed by atoms with Gasteiger partial charge < -0.3 is 9.73 Å². The Labute approximate surface area is 67.6 Å². The van der Waals surface area contributed by atoms with E-state index >= 15 is 0 Å². The quantitative estimate of drug-likeness (QED) is 0.720. The fraction of sp³-hybridized carbons (Fsp3) is 0.556. The third-order valence-corrected chi connectivity index (χ3v) is 2.03. The van der Waals surface area contributed by atoms with Gasteiger partial charge in [0.2, 0.25) is 0 Å². The van der Waals surface area contributed by atoms with Crippen LogP contribution in [0.2, 0.25) is 0 Å². The van der Waals surface area contributed by atoms with Crippen LogP contribution in [0.5, 0.6) is 0 Å². The zero-order chi connectivity index (χ0) is 8.27. The van der Waals surface area contributed by atoms with E-state index in [1.165, 1.54) is 11.1 Å². The minimum absolute atomic E-state index is 0.439. The predicted molar refractivity (Wildman–Crippen MR) is 45.5 cm³/mol. The Bertz CT molecular complexity index is 213. The first-order valence-corrected chi connectivity index (χ1v) is 3.99. The first-order valence-electron chi connectivity index (χ1n) is 3.99. The molecule has 0 aliphatic rings. The van der Waals surface area contributed by atoms with Gasteiger partial charge in [0.15, 0.2) is 0 Å². The second-order valence-corrected chi connectivity index (χ2v) is 2.76. The van der Waals surface area contributed by atoms with Crippen molar-refractivity contribution in [2.75, 3.05) is 7.05 Å². The third kappa shape index (κ3) is 1.63. The number of furan rings is 1. The van der Waals surface area contributed by atoms with Gasteiger partial charge in [-0.05, 0) is 26.0 Å². The Balaban J connectivity index is 2.81. The largest absolute Gasteiger partial charge is 0.472 e. The van der Waals surface area contributed by atoms with Crippen molar-refractivity contribution >= 4 is 0 Å². The van der Waals surface area contributed by atoms with Gasteiger partial charge in [0.1, 0.15) is 0 Å². The van der Waals surface area contributed by atoms with E-state index in [1.807, 2.05) is 13.3 Å². The zero-order valence-electron chi connectivity index (χ0n) is 7.35. The second kappa shape index (κ2) is 3.58. The average molecular weight is 153 g/mol. The molecule has 1 rings (SSSR count). The van der Waals surface area contributed by atoms with Crippen molar-refractivity contribution in [1.82, 2.24) is 5.32 Å². The van der Waals surface area contributed by atoms with Crippen molar-refractivity contribution < 1.29 is 4.42 Å². The highest BCUT2D eigenvalue weighted by Gasteiger charge is 2.10. The number of nitrogens with one attached hydrogen (secondary N) is 1. The van der Waals surface area contributed by atoms with E-state index in [9.17, 15) is 0 Å². The Morgan fingerprint density at radius 1 is 1.55 bits per heavy atom. The fourth-order valence-corrected chi connectivity index (χ4v) is 1.31. The average Bonchev–Trinajstić information content (AvgIpc) is 2.40. The molecule has 1 aromatic rings. The van der Waals surface area contributed by atoms with E-state index in [0.29, 0.717) is 6.04 Å². The number of hydrogen-bond donors (Lipinski definition) is 1. The summed E-state index contributed by atoms with van der Waals surface area (Å²) in [5, 5.41) is 3.23. The van der Waals surface area contributed by atoms with Crippen LogP contribution < -0.4 is 5.32 Å². The molecular formula is C9H15NO. The van der Waals surface area contributed by atoms with Crippen LogP contribution in [0.4, 0.5) is 0 Å². The number of aryl methyl sites for hydroxylation is 1. The maximum Gasteiger partial charge on any atom is 0.0953 e. The lowest BCUT2D eigenvalue weighted by atomic mass is 10.1. The molecule has 1 heterocycles. The Hall–Kier alpha value is -0.760. The maximum atomic E-state index is 5.09. The first kappa shape index (κ1) is 8.34. The molecule has 0 amide bonds. The van der Waals surface area contributed by atoms with Gasteiger partial charge in [0, 0.05) is 11.6 Å². The molecule has 0 radical (unpaired) electrons. The summed E-state index contributed by atoms with van der Waals surface area (Å²) in [4.78, 5) is 0. The summed E-state index contributed by atoms with van der Waals surface area (Å²) in [6.45, 7) is 4.23. The third-order valence-electron chi connectivity index (χ3n) is 2.03. The van der Waals surface area contributed by atoms with E-state index < -0.39 is 0 Å². The first-order chi connectivity index (χ1) is 5.29. The SMILES string of the molecule is CCC(NC)c1cocc1C. The number of rotatable bonds is 3. The van der Waals surface area contributed by atoms with E-state index in [4.69, 9.17) is 4.42 Å². The Kier molecular flexibility index (Phi) is 2.71. The molecule has 0 aliphatic carbocycles. The van der Waals surface area contributed by atoms with E-state index in [1.54, 1.807) is 6.26 Å². The van der Waals surface area contributed by atoms with Crippen molar-refractivity contribution in [3.8, 4) is 0 Å². The Morgan fingerprint density at radius 3 is 2.64 bits per heavy atom. The molecule has 1 aromatic heterocycles. The van der Waals surface area contributed by atoms with Crippen LogP contribution in [0.3, 0.4) is 0 Å². The Morgan fingerprint density at radius 2 is 2.27 bits per heavy atom. The van der Waals surface area contributed by atoms with Crippen molar-refractivity contribution in [2.24, 2.45) is 0 Å². The molecule has 0 saturated carbocycles. The van der Waals surface area contributed by atoms with Gasteiger partial charge >= 0.3 is 0 Å². The highest BCUT2D eigenvalue weighted by Crippen LogP contribution is 2.20. The zero-order valence-corrected chi connectivity index (χ0v) is 7.35. The molecule has 11 heavy (non-hydrogen) atoms. The molecular weight excluding hydrogens is 138 g/mol. The topological polar surface area (TPSA) is 25.2 Å². The van der Waals surface area contributed by atoms with Gasteiger partial charge in [0.05, 0.1) is 12.5 Å². The second-order valence-electron chi connectivity index (χ2n) is 2.76. The van der Waals surface area contributed by atoms with Gasteiger partial charge in [-0.25, -0.2) is 0 Å². The van der Waals surface area contributed by atoms with Crippen LogP contribution in [0.15, 0.2) is 16.9 Å². The summed E-state index contributed by atoms with van der Waals surface area (Å²) in [7, 11) is 1.97. The lowest BCUT2D eigenvalue weighted by Crippen LogP contribution is -2.15. The van der Waals surface area contributed by atoms with Crippen LogP contribution in [-0.2, 0) is 0 Å². The van der Waals surface area contributed by atoms with Crippen LogP contribution in [-0.4, -0.2) is 7.05 Å². The summed E-state index contributed by atoms with van der Waals surface area (Å²) in [6, 6.07) is 0.439. The lowest BCUT2D eigenvalue weighted by Gasteiger charge is -2.11. The minimum Gasteiger partial charge on any atom is -0.472 e. The monoisotopic (exact) mass is 153 g/mol. The van der Waals surface area contributed by atoms with Crippen LogP contribution >= 0.6 is 0 Å². The predicted octanol–water partition coefficient (Wildman–Crippen LogP) is 2.26. The van der Waals surface area contributed by atoms with Crippen molar-refractivity contribution in [3.05, 3.63) is 23.7 Å².